The van der Waals surface area contributed by atoms with E-state index < -0.39 is 17.7 Å². The van der Waals surface area contributed by atoms with Crippen molar-refractivity contribution in [3.63, 3.8) is 0 Å². The number of morpholine rings is 1. The van der Waals surface area contributed by atoms with Crippen molar-refractivity contribution in [1.82, 2.24) is 9.97 Å². The fourth-order valence-electron chi connectivity index (χ4n) is 3.07. The lowest BCUT2D eigenvalue weighted by Crippen LogP contribution is -2.39. The van der Waals surface area contributed by atoms with E-state index in [1.165, 1.54) is 12.1 Å². The van der Waals surface area contributed by atoms with Crippen molar-refractivity contribution in [2.24, 2.45) is 0 Å². The summed E-state index contributed by atoms with van der Waals surface area (Å²) in [5.41, 5.74) is 1.33. The quantitative estimate of drug-likeness (QED) is 0.862. The van der Waals surface area contributed by atoms with Crippen LogP contribution in [0.3, 0.4) is 0 Å². The molecule has 2 aromatic rings. The Balaban J connectivity index is 1.58. The molecule has 2 heterocycles. The van der Waals surface area contributed by atoms with Crippen molar-refractivity contribution in [3.8, 4) is 0 Å². The number of hydrogen-bond donors (Lipinski definition) is 0. The number of hydrogen-bond acceptors (Lipinski definition) is 4. The Hall–Kier alpha value is -2.08. The predicted octanol–water partition coefficient (Wildman–Crippen LogP) is 3.52. The third-order valence-corrected chi connectivity index (χ3v) is 4.50. The Morgan fingerprint density at radius 2 is 2.00 bits per heavy atom. The lowest BCUT2D eigenvalue weighted by Gasteiger charge is -2.34. The van der Waals surface area contributed by atoms with Crippen LogP contribution >= 0.6 is 0 Å². The molecular weight excluding hydrogens is 312 g/mol. The minimum absolute atomic E-state index is 0.384. The highest BCUT2D eigenvalue weighted by Gasteiger charge is 2.29. The fourth-order valence-corrected chi connectivity index (χ4v) is 3.07. The maximum Gasteiger partial charge on any atom is 0.134 e. The van der Waals surface area contributed by atoms with E-state index >= 15 is 0 Å². The number of halogens is 2. The molecule has 1 atom stereocenters. The number of aromatic nitrogens is 2. The van der Waals surface area contributed by atoms with Crippen molar-refractivity contribution in [2.45, 2.75) is 31.8 Å². The average molecular weight is 331 g/mol. The topological polar surface area (TPSA) is 38.2 Å². The van der Waals surface area contributed by atoms with E-state index in [0.717, 1.165) is 36.2 Å². The standard InChI is InChI=1S/C18H19F2N3O/c1-11-8-17(22-18(21-11)12-2-3-12)23-6-7-24-16(10-23)14-5-4-13(19)9-15(14)20/h4-5,8-9,12,16H,2-3,6-7,10H2,1H3/t16-/m1/s1. The fraction of sp³-hybridized carbons (Fsp3) is 0.444. The maximum absolute atomic E-state index is 14.0. The summed E-state index contributed by atoms with van der Waals surface area (Å²) in [6.45, 7) is 3.63. The minimum atomic E-state index is -0.579. The van der Waals surface area contributed by atoms with Gasteiger partial charge in [-0.25, -0.2) is 18.7 Å². The summed E-state index contributed by atoms with van der Waals surface area (Å²) in [6.07, 6.45) is 1.86. The Morgan fingerprint density at radius 1 is 1.17 bits per heavy atom. The monoisotopic (exact) mass is 331 g/mol. The van der Waals surface area contributed by atoms with Gasteiger partial charge in [0.05, 0.1) is 6.61 Å². The van der Waals surface area contributed by atoms with Crippen molar-refractivity contribution in [2.75, 3.05) is 24.6 Å². The van der Waals surface area contributed by atoms with E-state index in [-0.39, 0.29) is 0 Å². The van der Waals surface area contributed by atoms with Crippen LogP contribution in [0.1, 0.15) is 41.9 Å². The summed E-state index contributed by atoms with van der Waals surface area (Å²) >= 11 is 0. The lowest BCUT2D eigenvalue weighted by atomic mass is 10.1. The molecule has 1 aliphatic carbocycles. The third kappa shape index (κ3) is 3.11. The second kappa shape index (κ2) is 6.09. The molecule has 1 saturated carbocycles. The lowest BCUT2D eigenvalue weighted by molar-refractivity contribution is 0.0371. The van der Waals surface area contributed by atoms with Gasteiger partial charge in [0, 0.05) is 42.4 Å². The molecule has 4 nitrogen and oxygen atoms in total. The zero-order valence-corrected chi connectivity index (χ0v) is 13.5. The molecule has 0 amide bonds. The molecular formula is C18H19F2N3O. The number of nitrogens with zero attached hydrogens (tertiary/aromatic N) is 3. The van der Waals surface area contributed by atoms with Crippen LogP contribution in [0.5, 0.6) is 0 Å². The highest BCUT2D eigenvalue weighted by Crippen LogP contribution is 2.39. The normalized spacial score (nSPS) is 21.1. The zero-order chi connectivity index (χ0) is 16.7. The van der Waals surface area contributed by atoms with Crippen molar-refractivity contribution >= 4 is 5.82 Å². The van der Waals surface area contributed by atoms with Gasteiger partial charge in [-0.2, -0.15) is 0 Å². The van der Waals surface area contributed by atoms with E-state index in [1.807, 2.05) is 13.0 Å². The van der Waals surface area contributed by atoms with E-state index in [2.05, 4.69) is 14.9 Å². The SMILES string of the molecule is Cc1cc(N2CCO[C@@H](c3ccc(F)cc3F)C2)nc(C2CC2)n1. The van der Waals surface area contributed by atoms with Gasteiger partial charge in [-0.3, -0.25) is 0 Å². The summed E-state index contributed by atoms with van der Waals surface area (Å²) in [5, 5.41) is 0. The van der Waals surface area contributed by atoms with Gasteiger partial charge >= 0.3 is 0 Å². The van der Waals surface area contributed by atoms with E-state index in [0.29, 0.717) is 31.2 Å². The molecule has 24 heavy (non-hydrogen) atoms. The highest BCUT2D eigenvalue weighted by atomic mass is 19.1. The molecule has 1 aromatic heterocycles. The van der Waals surface area contributed by atoms with Gasteiger partial charge in [0.15, 0.2) is 0 Å². The molecule has 0 spiro atoms. The van der Waals surface area contributed by atoms with Gasteiger partial charge in [-0.15, -0.1) is 0 Å². The molecule has 1 saturated heterocycles. The minimum Gasteiger partial charge on any atom is -0.370 e. The molecule has 4 rings (SSSR count). The Labute approximate surface area is 139 Å². The summed E-state index contributed by atoms with van der Waals surface area (Å²) in [7, 11) is 0. The average Bonchev–Trinajstić information content (AvgIpc) is 3.39. The molecule has 0 unspecified atom stereocenters. The Kier molecular flexibility index (Phi) is 3.92. The first kappa shape index (κ1) is 15.4. The van der Waals surface area contributed by atoms with Crippen LogP contribution in [-0.2, 0) is 4.74 Å². The smallest absolute Gasteiger partial charge is 0.134 e. The highest BCUT2D eigenvalue weighted by molar-refractivity contribution is 5.42. The first-order valence-electron chi connectivity index (χ1n) is 8.27. The van der Waals surface area contributed by atoms with Crippen molar-refractivity contribution in [1.29, 1.82) is 0 Å². The van der Waals surface area contributed by atoms with E-state index in [4.69, 9.17) is 4.74 Å². The van der Waals surface area contributed by atoms with Gasteiger partial charge in [0.2, 0.25) is 0 Å². The van der Waals surface area contributed by atoms with Crippen LogP contribution in [0.4, 0.5) is 14.6 Å². The molecule has 2 fully saturated rings. The zero-order valence-electron chi connectivity index (χ0n) is 13.5. The predicted molar refractivity (Wildman–Crippen MR) is 86.0 cm³/mol. The van der Waals surface area contributed by atoms with Crippen LogP contribution in [0.25, 0.3) is 0 Å². The van der Waals surface area contributed by atoms with Crippen LogP contribution in [0.15, 0.2) is 24.3 Å². The van der Waals surface area contributed by atoms with Crippen LogP contribution in [-0.4, -0.2) is 29.7 Å². The van der Waals surface area contributed by atoms with Crippen molar-refractivity contribution < 1.29 is 13.5 Å². The molecule has 2 aliphatic rings. The first-order valence-corrected chi connectivity index (χ1v) is 8.27. The second-order valence-electron chi connectivity index (χ2n) is 6.47. The Morgan fingerprint density at radius 3 is 2.75 bits per heavy atom. The number of rotatable bonds is 3. The van der Waals surface area contributed by atoms with Gasteiger partial charge < -0.3 is 9.64 Å². The molecule has 0 radical (unpaired) electrons. The van der Waals surface area contributed by atoms with Crippen LogP contribution in [0, 0.1) is 18.6 Å². The maximum atomic E-state index is 14.0. The number of anilines is 1. The molecule has 6 heteroatoms. The Bertz CT molecular complexity index is 764. The molecule has 0 bridgehead atoms. The summed E-state index contributed by atoms with van der Waals surface area (Å²) in [6, 6.07) is 5.58. The summed E-state index contributed by atoms with van der Waals surface area (Å²) < 4.78 is 32.9. The summed E-state index contributed by atoms with van der Waals surface area (Å²) in [5.74, 6) is 1.10. The number of benzene rings is 1. The molecule has 1 aromatic carbocycles. The van der Waals surface area contributed by atoms with Gasteiger partial charge in [-0.05, 0) is 25.8 Å². The number of ether oxygens (including phenoxy) is 1. The van der Waals surface area contributed by atoms with E-state index in [9.17, 15) is 8.78 Å². The first-order chi connectivity index (χ1) is 11.6. The summed E-state index contributed by atoms with van der Waals surface area (Å²) in [4.78, 5) is 11.3. The van der Waals surface area contributed by atoms with E-state index in [1.54, 1.807) is 0 Å². The second-order valence-corrected chi connectivity index (χ2v) is 6.47. The van der Waals surface area contributed by atoms with Crippen molar-refractivity contribution in [3.05, 3.63) is 53.0 Å². The molecule has 126 valence electrons. The third-order valence-electron chi connectivity index (χ3n) is 4.50. The molecule has 0 N–H and O–H groups in total. The van der Waals surface area contributed by atoms with Gasteiger partial charge in [0.25, 0.3) is 0 Å². The van der Waals surface area contributed by atoms with Crippen LogP contribution in [0.2, 0.25) is 0 Å². The van der Waals surface area contributed by atoms with Gasteiger partial charge in [-0.1, -0.05) is 6.07 Å². The molecule has 1 aliphatic heterocycles. The van der Waals surface area contributed by atoms with Crippen LogP contribution < -0.4 is 4.90 Å². The van der Waals surface area contributed by atoms with Gasteiger partial charge in [0.1, 0.15) is 29.4 Å². The number of aryl methyl sites for hydroxylation is 1. The largest absolute Gasteiger partial charge is 0.370 e.